The predicted octanol–water partition coefficient (Wildman–Crippen LogP) is 1.24. The molecule has 0 aliphatic carbocycles. The largest absolute Gasteiger partial charge is 0.481 e. The topological polar surface area (TPSA) is 90.7 Å². The number of hydrogen-bond acceptors (Lipinski definition) is 5. The summed E-state index contributed by atoms with van der Waals surface area (Å²) in [6, 6.07) is 8.56. The summed E-state index contributed by atoms with van der Waals surface area (Å²) in [4.78, 5) is 38.8. The lowest BCUT2D eigenvalue weighted by Gasteiger charge is -2.35. The van der Waals surface area contributed by atoms with E-state index < -0.39 is 6.10 Å². The lowest BCUT2D eigenvalue weighted by molar-refractivity contribution is -0.143. The van der Waals surface area contributed by atoms with Gasteiger partial charge >= 0.3 is 0 Å². The molecular weight excluding hydrogens is 322 g/mol. The molecule has 1 aliphatic rings. The van der Waals surface area contributed by atoms with E-state index >= 15 is 0 Å². The molecule has 2 rings (SSSR count). The molecule has 2 amide bonds. The van der Waals surface area contributed by atoms with Gasteiger partial charge in [-0.05, 0) is 26.0 Å². The summed E-state index contributed by atoms with van der Waals surface area (Å²) in [6.45, 7) is 4.79. The minimum absolute atomic E-state index is 0.0670. The monoisotopic (exact) mass is 343 g/mol. The first kappa shape index (κ1) is 18.5. The van der Waals surface area contributed by atoms with Crippen molar-refractivity contribution in [3.63, 3.8) is 0 Å². The van der Waals surface area contributed by atoms with Crippen molar-refractivity contribution in [2.75, 3.05) is 26.2 Å². The van der Waals surface area contributed by atoms with Crippen LogP contribution in [-0.2, 0) is 9.59 Å². The lowest BCUT2D eigenvalue weighted by Crippen LogP contribution is -2.53. The maximum atomic E-state index is 12.5. The number of ether oxygens (including phenoxy) is 1. The number of carbonyl (C=O) groups excluding carboxylic acids is 3. The highest BCUT2D eigenvalue weighted by Gasteiger charge is 2.27. The Kier molecular flexibility index (Phi) is 6.12. The standard InChI is InChI=1S/C18H21N3O4/c1-13(22)15-4-3-5-16(12-15)25-14(2)18(24)21-10-8-20(9-11-21)17(23)6-7-19/h3-5,12,14H,6,8-11H2,1-2H3. The molecule has 25 heavy (non-hydrogen) atoms. The number of hydrogen-bond donors (Lipinski definition) is 0. The maximum Gasteiger partial charge on any atom is 0.263 e. The summed E-state index contributed by atoms with van der Waals surface area (Å²) in [6.07, 6.45) is -0.830. The Hall–Kier alpha value is -2.88. The van der Waals surface area contributed by atoms with Crippen LogP contribution in [0.5, 0.6) is 5.75 Å². The van der Waals surface area contributed by atoms with E-state index in [1.807, 2.05) is 6.07 Å². The van der Waals surface area contributed by atoms with E-state index in [1.54, 1.807) is 41.0 Å². The van der Waals surface area contributed by atoms with Gasteiger partial charge in [-0.2, -0.15) is 5.26 Å². The van der Waals surface area contributed by atoms with Crippen LogP contribution in [0, 0.1) is 11.3 Å². The van der Waals surface area contributed by atoms with Gasteiger partial charge in [0.25, 0.3) is 5.91 Å². The van der Waals surface area contributed by atoms with Gasteiger partial charge in [-0.15, -0.1) is 0 Å². The highest BCUT2D eigenvalue weighted by Crippen LogP contribution is 2.16. The molecule has 1 aromatic carbocycles. The summed E-state index contributed by atoms with van der Waals surface area (Å²) >= 11 is 0. The summed E-state index contributed by atoms with van der Waals surface area (Å²) in [7, 11) is 0. The summed E-state index contributed by atoms with van der Waals surface area (Å²) in [5.74, 6) is 0.0273. The first-order valence-corrected chi connectivity index (χ1v) is 8.13. The fourth-order valence-electron chi connectivity index (χ4n) is 2.66. The average molecular weight is 343 g/mol. The molecule has 0 radical (unpaired) electrons. The molecule has 1 saturated heterocycles. The number of benzene rings is 1. The van der Waals surface area contributed by atoms with Gasteiger partial charge in [-0.1, -0.05) is 12.1 Å². The molecular formula is C18H21N3O4. The fourth-order valence-corrected chi connectivity index (χ4v) is 2.66. The van der Waals surface area contributed by atoms with E-state index in [9.17, 15) is 14.4 Å². The lowest BCUT2D eigenvalue weighted by atomic mass is 10.1. The number of carbonyl (C=O) groups is 3. The fraction of sp³-hybridized carbons (Fsp3) is 0.444. The summed E-state index contributed by atoms with van der Waals surface area (Å²) < 4.78 is 5.67. The van der Waals surface area contributed by atoms with Crippen LogP contribution in [0.1, 0.15) is 30.6 Å². The Morgan fingerprint density at radius 3 is 2.44 bits per heavy atom. The van der Waals surface area contributed by atoms with Crippen LogP contribution in [0.15, 0.2) is 24.3 Å². The van der Waals surface area contributed by atoms with Gasteiger partial charge in [0.15, 0.2) is 11.9 Å². The number of nitrogens with zero attached hydrogens (tertiary/aromatic N) is 3. The highest BCUT2D eigenvalue weighted by molar-refractivity contribution is 5.94. The molecule has 1 unspecified atom stereocenters. The Balaban J connectivity index is 1.91. The van der Waals surface area contributed by atoms with Crippen molar-refractivity contribution < 1.29 is 19.1 Å². The van der Waals surface area contributed by atoms with Gasteiger partial charge in [-0.25, -0.2) is 0 Å². The van der Waals surface area contributed by atoms with Crippen LogP contribution in [0.4, 0.5) is 0 Å². The molecule has 1 atom stereocenters. The van der Waals surface area contributed by atoms with E-state index in [2.05, 4.69) is 0 Å². The molecule has 0 saturated carbocycles. The van der Waals surface area contributed by atoms with Crippen molar-refractivity contribution in [2.24, 2.45) is 0 Å². The third kappa shape index (κ3) is 4.80. The van der Waals surface area contributed by atoms with Gasteiger partial charge in [0.1, 0.15) is 12.2 Å². The van der Waals surface area contributed by atoms with E-state index in [-0.39, 0.29) is 24.0 Å². The smallest absolute Gasteiger partial charge is 0.263 e. The van der Waals surface area contributed by atoms with Crippen LogP contribution < -0.4 is 4.74 Å². The highest BCUT2D eigenvalue weighted by atomic mass is 16.5. The van der Waals surface area contributed by atoms with Gasteiger partial charge in [0.2, 0.25) is 5.91 Å². The van der Waals surface area contributed by atoms with Crippen molar-refractivity contribution in [2.45, 2.75) is 26.4 Å². The van der Waals surface area contributed by atoms with E-state index in [1.165, 1.54) is 6.92 Å². The number of rotatable bonds is 5. The molecule has 1 aliphatic heterocycles. The minimum Gasteiger partial charge on any atom is -0.481 e. The molecule has 1 aromatic rings. The third-order valence-electron chi connectivity index (χ3n) is 4.08. The second kappa shape index (κ2) is 8.29. The molecule has 0 spiro atoms. The second-order valence-corrected chi connectivity index (χ2v) is 5.89. The Morgan fingerprint density at radius 2 is 1.84 bits per heavy atom. The van der Waals surface area contributed by atoms with E-state index in [0.29, 0.717) is 37.5 Å². The number of ketones is 1. The quantitative estimate of drug-likeness (QED) is 0.750. The van der Waals surface area contributed by atoms with Crippen LogP contribution in [0.25, 0.3) is 0 Å². The van der Waals surface area contributed by atoms with Crippen molar-refractivity contribution in [1.29, 1.82) is 5.26 Å². The average Bonchev–Trinajstić information content (AvgIpc) is 2.61. The molecule has 0 N–H and O–H groups in total. The maximum absolute atomic E-state index is 12.5. The zero-order chi connectivity index (χ0) is 18.4. The minimum atomic E-state index is -0.691. The van der Waals surface area contributed by atoms with Crippen LogP contribution in [0.3, 0.4) is 0 Å². The normalized spacial score (nSPS) is 15.2. The van der Waals surface area contributed by atoms with Gasteiger partial charge in [0, 0.05) is 31.7 Å². The third-order valence-corrected chi connectivity index (χ3v) is 4.08. The van der Waals surface area contributed by atoms with Crippen LogP contribution in [-0.4, -0.2) is 59.7 Å². The van der Waals surface area contributed by atoms with Gasteiger partial charge in [-0.3, -0.25) is 14.4 Å². The number of nitriles is 1. The Morgan fingerprint density at radius 1 is 1.20 bits per heavy atom. The van der Waals surface area contributed by atoms with Crippen molar-refractivity contribution in [3.8, 4) is 11.8 Å². The Bertz CT molecular complexity index is 703. The molecule has 1 fully saturated rings. The van der Waals surface area contributed by atoms with E-state index in [4.69, 9.17) is 10.00 Å². The van der Waals surface area contributed by atoms with Gasteiger partial charge in [0.05, 0.1) is 6.07 Å². The van der Waals surface area contributed by atoms with Crippen LogP contribution in [0.2, 0.25) is 0 Å². The predicted molar refractivity (Wildman–Crippen MR) is 89.9 cm³/mol. The second-order valence-electron chi connectivity index (χ2n) is 5.89. The molecule has 7 nitrogen and oxygen atoms in total. The first-order valence-electron chi connectivity index (χ1n) is 8.13. The van der Waals surface area contributed by atoms with Crippen molar-refractivity contribution >= 4 is 17.6 Å². The SMILES string of the molecule is CC(=O)c1cccc(OC(C)C(=O)N2CCN(C(=O)CC#N)CC2)c1. The van der Waals surface area contributed by atoms with Crippen molar-refractivity contribution in [3.05, 3.63) is 29.8 Å². The van der Waals surface area contributed by atoms with Crippen molar-refractivity contribution in [1.82, 2.24) is 9.80 Å². The molecule has 132 valence electrons. The molecule has 7 heteroatoms. The van der Waals surface area contributed by atoms with Gasteiger partial charge < -0.3 is 14.5 Å². The Labute approximate surface area is 146 Å². The number of amides is 2. The van der Waals surface area contributed by atoms with E-state index in [0.717, 1.165) is 0 Å². The number of piperazine rings is 1. The first-order chi connectivity index (χ1) is 11.9. The zero-order valence-corrected chi connectivity index (χ0v) is 14.4. The van der Waals surface area contributed by atoms with Crippen LogP contribution >= 0.6 is 0 Å². The summed E-state index contributed by atoms with van der Waals surface area (Å²) in [5.41, 5.74) is 0.529. The summed E-state index contributed by atoms with van der Waals surface area (Å²) in [5, 5.41) is 8.57. The zero-order valence-electron chi connectivity index (χ0n) is 14.4. The molecule has 0 bridgehead atoms. The molecule has 1 heterocycles. The molecule has 0 aromatic heterocycles. The number of Topliss-reactive ketones (excluding diaryl/α,β-unsaturated/α-hetero) is 1.